The molecule has 0 bridgehead atoms. The third-order valence-corrected chi connectivity index (χ3v) is 3.74. The van der Waals surface area contributed by atoms with Crippen LogP contribution in [0, 0.1) is 5.82 Å². The Kier molecular flexibility index (Phi) is 5.15. The van der Waals surface area contributed by atoms with Crippen molar-refractivity contribution < 1.29 is 21.9 Å². The van der Waals surface area contributed by atoms with Gasteiger partial charge in [-0.25, -0.2) is 12.8 Å². The van der Waals surface area contributed by atoms with Gasteiger partial charge in [0.25, 0.3) is 9.05 Å². The minimum atomic E-state index is -4.15. The van der Waals surface area contributed by atoms with Gasteiger partial charge >= 0.3 is 0 Å². The van der Waals surface area contributed by atoms with Crippen molar-refractivity contribution in [3.8, 4) is 5.75 Å². The van der Waals surface area contributed by atoms with E-state index < -0.39 is 26.4 Å². The van der Waals surface area contributed by atoms with E-state index in [4.69, 9.17) is 15.4 Å². The van der Waals surface area contributed by atoms with Crippen LogP contribution in [0.1, 0.15) is 6.42 Å². The molecule has 0 aliphatic heterocycles. The predicted molar refractivity (Wildman–Crippen MR) is 63.2 cm³/mol. The summed E-state index contributed by atoms with van der Waals surface area (Å²) in [5.41, 5.74) is 0. The minimum Gasteiger partial charge on any atom is -0.492 e. The molecule has 1 aromatic rings. The van der Waals surface area contributed by atoms with Crippen LogP contribution >= 0.6 is 26.6 Å². The standard InChI is InChI=1S/C9H8BrClF2O3S/c10-6-4-9(17(11,14)15)7(13)5-8(6)16-3-1-2-12/h4-5H,1-3H2. The number of halogens is 4. The fraction of sp³-hybridized carbons (Fsp3) is 0.333. The van der Waals surface area contributed by atoms with E-state index in [1.54, 1.807) is 0 Å². The molecule has 0 aliphatic carbocycles. The third-order valence-electron chi connectivity index (χ3n) is 1.78. The van der Waals surface area contributed by atoms with Crippen molar-refractivity contribution in [1.82, 2.24) is 0 Å². The quantitative estimate of drug-likeness (QED) is 0.605. The summed E-state index contributed by atoms with van der Waals surface area (Å²) >= 11 is 3.02. The Morgan fingerprint density at radius 1 is 1.41 bits per heavy atom. The molecule has 0 saturated heterocycles. The van der Waals surface area contributed by atoms with Crippen molar-refractivity contribution in [3.63, 3.8) is 0 Å². The van der Waals surface area contributed by atoms with Crippen molar-refractivity contribution in [2.45, 2.75) is 11.3 Å². The van der Waals surface area contributed by atoms with Crippen LogP contribution < -0.4 is 4.74 Å². The first-order chi connectivity index (χ1) is 7.86. The van der Waals surface area contributed by atoms with Gasteiger partial charge in [-0.1, -0.05) is 0 Å². The highest BCUT2D eigenvalue weighted by molar-refractivity contribution is 9.10. The molecule has 8 heteroatoms. The molecular weight excluding hydrogens is 342 g/mol. The van der Waals surface area contributed by atoms with Gasteiger partial charge in [0.15, 0.2) is 0 Å². The zero-order chi connectivity index (χ0) is 13.1. The molecule has 1 rings (SSSR count). The van der Waals surface area contributed by atoms with Crippen LogP contribution in [-0.2, 0) is 9.05 Å². The molecule has 0 radical (unpaired) electrons. The fourth-order valence-electron chi connectivity index (χ4n) is 1.04. The highest BCUT2D eigenvalue weighted by Gasteiger charge is 2.19. The highest BCUT2D eigenvalue weighted by Crippen LogP contribution is 2.31. The lowest BCUT2D eigenvalue weighted by Crippen LogP contribution is -2.01. The molecule has 0 aliphatic rings. The molecule has 17 heavy (non-hydrogen) atoms. The largest absolute Gasteiger partial charge is 0.492 e. The van der Waals surface area contributed by atoms with Gasteiger partial charge in [-0.05, 0) is 22.0 Å². The van der Waals surface area contributed by atoms with E-state index in [1.807, 2.05) is 0 Å². The summed E-state index contributed by atoms with van der Waals surface area (Å²) < 4.78 is 52.5. The topological polar surface area (TPSA) is 43.4 Å². The van der Waals surface area contributed by atoms with E-state index in [-0.39, 0.29) is 23.2 Å². The normalized spacial score (nSPS) is 11.5. The summed E-state index contributed by atoms with van der Waals surface area (Å²) in [4.78, 5) is -0.635. The van der Waals surface area contributed by atoms with Crippen LogP contribution in [0.25, 0.3) is 0 Å². The van der Waals surface area contributed by atoms with Gasteiger partial charge in [-0.3, -0.25) is 4.39 Å². The fourth-order valence-corrected chi connectivity index (χ4v) is 2.56. The monoisotopic (exact) mass is 348 g/mol. The lowest BCUT2D eigenvalue weighted by molar-refractivity contribution is 0.286. The Morgan fingerprint density at radius 2 is 2.06 bits per heavy atom. The zero-order valence-corrected chi connectivity index (χ0v) is 11.6. The number of hydrogen-bond donors (Lipinski definition) is 0. The van der Waals surface area contributed by atoms with E-state index in [0.29, 0.717) is 0 Å². The van der Waals surface area contributed by atoms with Crippen LogP contribution in [-0.4, -0.2) is 21.7 Å². The summed E-state index contributed by atoms with van der Waals surface area (Å²) in [5.74, 6) is -0.918. The number of alkyl halides is 1. The second kappa shape index (κ2) is 5.97. The van der Waals surface area contributed by atoms with Gasteiger partial charge in [-0.15, -0.1) is 0 Å². The number of benzene rings is 1. The first-order valence-electron chi connectivity index (χ1n) is 4.48. The maximum absolute atomic E-state index is 13.4. The summed E-state index contributed by atoms with van der Waals surface area (Å²) in [6.07, 6.45) is 0.170. The van der Waals surface area contributed by atoms with E-state index in [1.165, 1.54) is 0 Å². The van der Waals surface area contributed by atoms with Gasteiger partial charge in [0, 0.05) is 23.2 Å². The molecule has 0 unspecified atom stereocenters. The van der Waals surface area contributed by atoms with E-state index in [2.05, 4.69) is 15.9 Å². The van der Waals surface area contributed by atoms with Gasteiger partial charge in [0.2, 0.25) is 0 Å². The molecule has 0 aromatic heterocycles. The Labute approximate surface area is 110 Å². The zero-order valence-electron chi connectivity index (χ0n) is 8.42. The van der Waals surface area contributed by atoms with Crippen molar-refractivity contribution in [3.05, 3.63) is 22.4 Å². The average molecular weight is 350 g/mol. The molecule has 0 atom stereocenters. The second-order valence-electron chi connectivity index (χ2n) is 3.04. The maximum Gasteiger partial charge on any atom is 0.264 e. The highest BCUT2D eigenvalue weighted by atomic mass is 79.9. The number of ether oxygens (including phenoxy) is 1. The van der Waals surface area contributed by atoms with E-state index >= 15 is 0 Å². The molecule has 0 fully saturated rings. The maximum atomic E-state index is 13.4. The van der Waals surface area contributed by atoms with E-state index in [0.717, 1.165) is 12.1 Å². The Hall–Kier alpha value is -0.400. The van der Waals surface area contributed by atoms with Crippen LogP contribution in [0.3, 0.4) is 0 Å². The summed E-state index contributed by atoms with van der Waals surface area (Å²) in [6, 6.07) is 1.89. The minimum absolute atomic E-state index is 0.0709. The molecule has 0 saturated carbocycles. The summed E-state index contributed by atoms with van der Waals surface area (Å²) in [5, 5.41) is 0. The molecule has 0 spiro atoms. The molecule has 0 amide bonds. The molecular formula is C9H8BrClF2O3S. The Balaban J connectivity index is 3.02. The molecule has 0 N–H and O–H groups in total. The SMILES string of the molecule is O=S(=O)(Cl)c1cc(Br)c(OCCCF)cc1F. The predicted octanol–water partition coefficient (Wildman–Crippen LogP) is 3.25. The summed E-state index contributed by atoms with van der Waals surface area (Å²) in [6.45, 7) is -0.476. The number of rotatable bonds is 5. The van der Waals surface area contributed by atoms with Crippen molar-refractivity contribution in [1.29, 1.82) is 0 Å². The van der Waals surface area contributed by atoms with Gasteiger partial charge < -0.3 is 4.74 Å². The lowest BCUT2D eigenvalue weighted by atomic mass is 10.3. The Bertz CT molecular complexity index is 507. The first kappa shape index (κ1) is 14.7. The van der Waals surface area contributed by atoms with E-state index in [9.17, 15) is 17.2 Å². The molecule has 96 valence electrons. The van der Waals surface area contributed by atoms with Crippen LogP contribution in [0.2, 0.25) is 0 Å². The second-order valence-corrected chi connectivity index (χ2v) is 6.43. The van der Waals surface area contributed by atoms with Gasteiger partial charge in [0.1, 0.15) is 16.5 Å². The lowest BCUT2D eigenvalue weighted by Gasteiger charge is -2.08. The first-order valence-corrected chi connectivity index (χ1v) is 7.59. The van der Waals surface area contributed by atoms with Gasteiger partial charge in [-0.2, -0.15) is 0 Å². The molecule has 1 aromatic carbocycles. The van der Waals surface area contributed by atoms with Gasteiger partial charge in [0.05, 0.1) is 17.8 Å². The van der Waals surface area contributed by atoms with Crippen LogP contribution in [0.5, 0.6) is 5.75 Å². The molecule has 3 nitrogen and oxygen atoms in total. The summed E-state index contributed by atoms with van der Waals surface area (Å²) in [7, 11) is 0.890. The van der Waals surface area contributed by atoms with Crippen LogP contribution in [0.15, 0.2) is 21.5 Å². The molecule has 0 heterocycles. The van der Waals surface area contributed by atoms with Crippen molar-refractivity contribution in [2.75, 3.05) is 13.3 Å². The smallest absolute Gasteiger partial charge is 0.264 e. The average Bonchev–Trinajstić information content (AvgIpc) is 2.21. The number of hydrogen-bond acceptors (Lipinski definition) is 3. The third kappa shape index (κ3) is 4.08. The van der Waals surface area contributed by atoms with Crippen molar-refractivity contribution >= 4 is 35.7 Å². The van der Waals surface area contributed by atoms with Crippen molar-refractivity contribution in [2.24, 2.45) is 0 Å². The van der Waals surface area contributed by atoms with Crippen LogP contribution in [0.4, 0.5) is 8.78 Å². The Morgan fingerprint density at radius 3 is 2.59 bits per heavy atom.